The summed E-state index contributed by atoms with van der Waals surface area (Å²) >= 11 is 0. The maximum Gasteiger partial charge on any atom is 0.178 e. The fraction of sp³-hybridized carbons (Fsp3) is 0.538. The van der Waals surface area contributed by atoms with Crippen LogP contribution in [-0.2, 0) is 19.7 Å². The van der Waals surface area contributed by atoms with Gasteiger partial charge in [0.1, 0.15) is 0 Å². The molecule has 0 bridgehead atoms. The average Bonchev–Trinajstić information content (AvgIpc) is 2.39. The Morgan fingerprint density at radius 2 is 1.55 bits per heavy atom. The molecule has 0 unspecified atom stereocenters. The van der Waals surface area contributed by atoms with Gasteiger partial charge in [-0.3, -0.25) is 0 Å². The van der Waals surface area contributed by atoms with Crippen molar-refractivity contribution in [2.45, 2.75) is 25.2 Å². The summed E-state index contributed by atoms with van der Waals surface area (Å²) in [5.74, 6) is 0.330. The molecule has 0 spiro atoms. The highest BCUT2D eigenvalue weighted by molar-refractivity contribution is 7.91. The van der Waals surface area contributed by atoms with Gasteiger partial charge in [-0.25, -0.2) is 16.8 Å². The minimum atomic E-state index is -3.20. The number of rotatable bonds is 8. The largest absolute Gasteiger partial charge is 0.384 e. The summed E-state index contributed by atoms with van der Waals surface area (Å²) in [6, 6.07) is 6.39. The molecule has 0 aliphatic rings. The molecule has 0 radical (unpaired) electrons. The highest BCUT2D eigenvalue weighted by atomic mass is 32.2. The second kappa shape index (κ2) is 7.08. The van der Waals surface area contributed by atoms with Crippen molar-refractivity contribution in [1.82, 2.24) is 0 Å². The van der Waals surface area contributed by atoms with Crippen LogP contribution >= 0.6 is 0 Å². The van der Waals surface area contributed by atoms with E-state index in [4.69, 9.17) is 0 Å². The Bertz CT molecular complexity index is 619. The van der Waals surface area contributed by atoms with Gasteiger partial charge in [0.15, 0.2) is 19.7 Å². The number of anilines is 1. The van der Waals surface area contributed by atoms with Gasteiger partial charge in [-0.15, -0.1) is 0 Å². The van der Waals surface area contributed by atoms with Gasteiger partial charge in [-0.2, -0.15) is 0 Å². The van der Waals surface area contributed by atoms with Gasteiger partial charge in [0.25, 0.3) is 0 Å². The zero-order valence-electron chi connectivity index (χ0n) is 11.8. The monoisotopic (exact) mass is 319 g/mol. The van der Waals surface area contributed by atoms with Crippen LogP contribution in [0.2, 0.25) is 0 Å². The summed E-state index contributed by atoms with van der Waals surface area (Å²) in [6.07, 6.45) is 0.581. The maximum absolute atomic E-state index is 11.8. The first-order chi connectivity index (χ1) is 9.30. The van der Waals surface area contributed by atoms with E-state index in [0.29, 0.717) is 23.5 Å². The first-order valence-electron chi connectivity index (χ1n) is 6.58. The minimum Gasteiger partial charge on any atom is -0.384 e. The summed E-state index contributed by atoms with van der Waals surface area (Å²) in [6.45, 7) is 3.75. The van der Waals surface area contributed by atoms with Crippen molar-refractivity contribution in [2.75, 3.05) is 29.1 Å². The molecule has 0 aliphatic heterocycles. The smallest absolute Gasteiger partial charge is 0.178 e. The van der Waals surface area contributed by atoms with E-state index in [-0.39, 0.29) is 17.3 Å². The molecule has 0 amide bonds. The third-order valence-electron chi connectivity index (χ3n) is 2.87. The van der Waals surface area contributed by atoms with Gasteiger partial charge in [0, 0.05) is 18.0 Å². The lowest BCUT2D eigenvalue weighted by Crippen LogP contribution is -2.17. The van der Waals surface area contributed by atoms with E-state index in [1.165, 1.54) is 0 Å². The van der Waals surface area contributed by atoms with Crippen molar-refractivity contribution in [1.29, 1.82) is 0 Å². The Hall–Kier alpha value is -1.08. The lowest BCUT2D eigenvalue weighted by Gasteiger charge is -2.08. The molecule has 1 aromatic rings. The Morgan fingerprint density at radius 3 is 2.05 bits per heavy atom. The lowest BCUT2D eigenvalue weighted by molar-refractivity contribution is 0.594. The van der Waals surface area contributed by atoms with Crippen molar-refractivity contribution in [3.63, 3.8) is 0 Å². The molecule has 7 heteroatoms. The van der Waals surface area contributed by atoms with Gasteiger partial charge in [0.05, 0.1) is 16.4 Å². The standard InChI is InChI=1S/C13H21NO4S2/c1-3-10-20(17,18)13-7-5-12(6-8-13)14-9-11-19(15,16)4-2/h5-8,14H,3-4,9-11H2,1-2H3. The first kappa shape index (κ1) is 17.0. The predicted octanol–water partition coefficient (Wildman–Crippen LogP) is 1.72. The topological polar surface area (TPSA) is 80.3 Å². The highest BCUT2D eigenvalue weighted by Gasteiger charge is 2.12. The number of sulfone groups is 2. The molecule has 0 aromatic heterocycles. The lowest BCUT2D eigenvalue weighted by atomic mass is 10.3. The second-order valence-electron chi connectivity index (χ2n) is 4.51. The molecule has 20 heavy (non-hydrogen) atoms. The third-order valence-corrected chi connectivity index (χ3v) is 6.51. The zero-order valence-corrected chi connectivity index (χ0v) is 13.4. The Morgan fingerprint density at radius 1 is 0.950 bits per heavy atom. The van der Waals surface area contributed by atoms with Crippen LogP contribution in [0.25, 0.3) is 0 Å². The minimum absolute atomic E-state index is 0.0688. The van der Waals surface area contributed by atoms with Crippen LogP contribution in [0.4, 0.5) is 5.69 Å². The van der Waals surface area contributed by atoms with Gasteiger partial charge in [-0.1, -0.05) is 13.8 Å². The van der Waals surface area contributed by atoms with E-state index in [1.54, 1.807) is 31.2 Å². The van der Waals surface area contributed by atoms with E-state index < -0.39 is 19.7 Å². The van der Waals surface area contributed by atoms with Gasteiger partial charge in [-0.05, 0) is 30.7 Å². The Kier molecular flexibility index (Phi) is 6.01. The normalized spacial score (nSPS) is 12.3. The van der Waals surface area contributed by atoms with Crippen molar-refractivity contribution in [3.8, 4) is 0 Å². The summed E-state index contributed by atoms with van der Waals surface area (Å²) in [5, 5.41) is 2.97. The van der Waals surface area contributed by atoms with Crippen LogP contribution in [0.5, 0.6) is 0 Å². The molecule has 0 aliphatic carbocycles. The van der Waals surface area contributed by atoms with Gasteiger partial charge in [0.2, 0.25) is 0 Å². The van der Waals surface area contributed by atoms with Crippen molar-refractivity contribution in [3.05, 3.63) is 24.3 Å². The molecule has 0 saturated carbocycles. The van der Waals surface area contributed by atoms with E-state index >= 15 is 0 Å². The number of hydrogen-bond donors (Lipinski definition) is 1. The van der Waals surface area contributed by atoms with Crippen molar-refractivity contribution in [2.24, 2.45) is 0 Å². The van der Waals surface area contributed by atoms with Crippen LogP contribution in [-0.4, -0.2) is 40.6 Å². The van der Waals surface area contributed by atoms with Crippen molar-refractivity contribution >= 4 is 25.4 Å². The van der Waals surface area contributed by atoms with Crippen LogP contribution in [0.1, 0.15) is 20.3 Å². The number of hydrogen-bond acceptors (Lipinski definition) is 5. The molecule has 0 fully saturated rings. The molecular formula is C13H21NO4S2. The van der Waals surface area contributed by atoms with E-state index in [9.17, 15) is 16.8 Å². The van der Waals surface area contributed by atoms with E-state index in [2.05, 4.69) is 5.32 Å². The molecule has 0 atom stereocenters. The molecule has 1 N–H and O–H groups in total. The predicted molar refractivity (Wildman–Crippen MR) is 81.6 cm³/mol. The van der Waals surface area contributed by atoms with Crippen LogP contribution in [0.15, 0.2) is 29.2 Å². The quantitative estimate of drug-likeness (QED) is 0.789. The average molecular weight is 319 g/mol. The zero-order chi connectivity index (χ0) is 15.2. The van der Waals surface area contributed by atoms with Crippen LogP contribution in [0, 0.1) is 0 Å². The highest BCUT2D eigenvalue weighted by Crippen LogP contribution is 2.15. The number of nitrogens with one attached hydrogen (secondary N) is 1. The SMILES string of the molecule is CCCS(=O)(=O)c1ccc(NCCS(=O)(=O)CC)cc1. The summed E-state index contributed by atoms with van der Waals surface area (Å²) < 4.78 is 46.3. The maximum atomic E-state index is 11.8. The van der Waals surface area contributed by atoms with E-state index in [0.717, 1.165) is 0 Å². The first-order valence-corrected chi connectivity index (χ1v) is 10.0. The fourth-order valence-corrected chi connectivity index (χ4v) is 3.69. The summed E-state index contributed by atoms with van der Waals surface area (Å²) in [4.78, 5) is 0.297. The summed E-state index contributed by atoms with van der Waals surface area (Å²) in [5.41, 5.74) is 0.715. The molecule has 1 rings (SSSR count). The summed E-state index contributed by atoms with van der Waals surface area (Å²) in [7, 11) is -6.19. The molecule has 114 valence electrons. The Balaban J connectivity index is 2.64. The third kappa shape index (κ3) is 5.13. The number of benzene rings is 1. The van der Waals surface area contributed by atoms with Gasteiger partial charge >= 0.3 is 0 Å². The fourth-order valence-electron chi connectivity index (χ4n) is 1.66. The molecule has 5 nitrogen and oxygen atoms in total. The van der Waals surface area contributed by atoms with E-state index in [1.807, 2.05) is 6.92 Å². The van der Waals surface area contributed by atoms with Crippen molar-refractivity contribution < 1.29 is 16.8 Å². The molecule has 0 heterocycles. The van der Waals surface area contributed by atoms with Crippen LogP contribution < -0.4 is 5.32 Å². The molecule has 1 aromatic carbocycles. The molecule has 0 saturated heterocycles. The molecular weight excluding hydrogens is 298 g/mol. The Labute approximate surface area is 121 Å². The second-order valence-corrected chi connectivity index (χ2v) is 9.09. The van der Waals surface area contributed by atoms with Gasteiger partial charge < -0.3 is 5.32 Å². The van der Waals surface area contributed by atoms with Crippen LogP contribution in [0.3, 0.4) is 0 Å².